The molecule has 3 aromatic rings. The van der Waals surface area contributed by atoms with Crippen molar-refractivity contribution in [1.82, 2.24) is 14.9 Å². The van der Waals surface area contributed by atoms with Crippen LogP contribution >= 0.6 is 0 Å². The fraction of sp³-hybridized carbons (Fsp3) is 0.263. The van der Waals surface area contributed by atoms with Crippen LogP contribution < -0.4 is 4.74 Å². The third-order valence-electron chi connectivity index (χ3n) is 4.60. The standard InChI is InChI=1S/C19H19N3O2/c1-24-16-4-2-3-15(10-16)19(23)22-11-13(12-22)9-17-18-14(5-7-20-17)6-8-21-18/h2-8,10,13,21H,9,11-12H2,1H3. The molecule has 1 aromatic carbocycles. The van der Waals surface area contributed by atoms with E-state index in [-0.39, 0.29) is 5.91 Å². The van der Waals surface area contributed by atoms with Gasteiger partial charge >= 0.3 is 0 Å². The van der Waals surface area contributed by atoms with E-state index in [0.717, 1.165) is 30.7 Å². The maximum atomic E-state index is 12.5. The second kappa shape index (κ2) is 6.00. The Morgan fingerprint density at radius 2 is 2.21 bits per heavy atom. The number of carbonyl (C=O) groups is 1. The van der Waals surface area contributed by atoms with Gasteiger partial charge in [-0.25, -0.2) is 0 Å². The Kier molecular flexibility index (Phi) is 3.69. The van der Waals surface area contributed by atoms with Crippen LogP contribution in [0.25, 0.3) is 10.9 Å². The van der Waals surface area contributed by atoms with E-state index >= 15 is 0 Å². The number of pyridine rings is 1. The molecule has 1 aliphatic heterocycles. The Hall–Kier alpha value is -2.82. The van der Waals surface area contributed by atoms with Crippen molar-refractivity contribution < 1.29 is 9.53 Å². The van der Waals surface area contributed by atoms with Gasteiger partial charge in [-0.2, -0.15) is 0 Å². The van der Waals surface area contributed by atoms with Crippen molar-refractivity contribution in [3.63, 3.8) is 0 Å². The number of aromatic nitrogens is 2. The van der Waals surface area contributed by atoms with Crippen LogP contribution in [0, 0.1) is 5.92 Å². The van der Waals surface area contributed by atoms with Crippen LogP contribution in [0.4, 0.5) is 0 Å². The van der Waals surface area contributed by atoms with E-state index in [0.29, 0.717) is 17.2 Å². The zero-order chi connectivity index (χ0) is 16.5. The highest BCUT2D eigenvalue weighted by Gasteiger charge is 2.32. The minimum atomic E-state index is 0.0659. The Labute approximate surface area is 140 Å². The number of methoxy groups -OCH3 is 1. The number of benzene rings is 1. The first-order chi connectivity index (χ1) is 11.7. The van der Waals surface area contributed by atoms with Crippen molar-refractivity contribution >= 4 is 16.8 Å². The summed E-state index contributed by atoms with van der Waals surface area (Å²) in [5.74, 6) is 1.23. The topological polar surface area (TPSA) is 58.2 Å². The summed E-state index contributed by atoms with van der Waals surface area (Å²) in [6.45, 7) is 1.55. The van der Waals surface area contributed by atoms with Gasteiger partial charge in [0.1, 0.15) is 5.75 Å². The predicted molar refractivity (Wildman–Crippen MR) is 92.2 cm³/mol. The van der Waals surface area contributed by atoms with Crippen LogP contribution in [0.15, 0.2) is 48.8 Å². The summed E-state index contributed by atoms with van der Waals surface area (Å²) in [5.41, 5.74) is 2.86. The molecule has 0 bridgehead atoms. The average Bonchev–Trinajstić information content (AvgIpc) is 3.06. The lowest BCUT2D eigenvalue weighted by Crippen LogP contribution is -2.50. The van der Waals surface area contributed by atoms with Gasteiger partial charge in [-0.05, 0) is 42.7 Å². The van der Waals surface area contributed by atoms with Gasteiger partial charge in [0.25, 0.3) is 5.91 Å². The van der Waals surface area contributed by atoms with Crippen LogP contribution in [0.2, 0.25) is 0 Å². The number of hydrogen-bond acceptors (Lipinski definition) is 3. The number of likely N-dealkylation sites (tertiary alicyclic amines) is 1. The number of rotatable bonds is 4. The van der Waals surface area contributed by atoms with E-state index in [2.05, 4.69) is 16.0 Å². The lowest BCUT2D eigenvalue weighted by atomic mass is 9.93. The van der Waals surface area contributed by atoms with Crippen LogP contribution in [-0.4, -0.2) is 41.0 Å². The first kappa shape index (κ1) is 14.8. The molecule has 24 heavy (non-hydrogen) atoms. The Bertz CT molecular complexity index is 881. The van der Waals surface area contributed by atoms with Crippen molar-refractivity contribution in [2.75, 3.05) is 20.2 Å². The summed E-state index contributed by atoms with van der Waals surface area (Å²) >= 11 is 0. The normalized spacial score (nSPS) is 14.6. The van der Waals surface area contributed by atoms with E-state index in [1.54, 1.807) is 13.2 Å². The number of fused-ring (bicyclic) bond motifs is 1. The lowest BCUT2D eigenvalue weighted by Gasteiger charge is -2.39. The molecule has 5 nitrogen and oxygen atoms in total. The van der Waals surface area contributed by atoms with Crippen LogP contribution in [-0.2, 0) is 6.42 Å². The number of nitrogens with zero attached hydrogens (tertiary/aromatic N) is 2. The molecular weight excluding hydrogens is 302 g/mol. The molecule has 0 atom stereocenters. The van der Waals surface area contributed by atoms with E-state index < -0.39 is 0 Å². The van der Waals surface area contributed by atoms with Crippen molar-refractivity contribution in [2.45, 2.75) is 6.42 Å². The number of amides is 1. The number of carbonyl (C=O) groups excluding carboxylic acids is 1. The first-order valence-corrected chi connectivity index (χ1v) is 8.09. The molecule has 5 heteroatoms. The Balaban J connectivity index is 1.41. The third kappa shape index (κ3) is 2.62. The van der Waals surface area contributed by atoms with Crippen molar-refractivity contribution in [1.29, 1.82) is 0 Å². The second-order valence-corrected chi connectivity index (χ2v) is 6.21. The molecule has 2 aromatic heterocycles. The predicted octanol–water partition coefficient (Wildman–Crippen LogP) is 2.89. The number of aromatic amines is 1. The van der Waals surface area contributed by atoms with Crippen LogP contribution in [0.5, 0.6) is 5.75 Å². The highest BCUT2D eigenvalue weighted by molar-refractivity contribution is 5.95. The summed E-state index contributed by atoms with van der Waals surface area (Å²) in [5, 5.41) is 1.18. The van der Waals surface area contributed by atoms with Crippen molar-refractivity contribution in [2.24, 2.45) is 5.92 Å². The summed E-state index contributed by atoms with van der Waals surface area (Å²) in [7, 11) is 1.61. The van der Waals surface area contributed by atoms with E-state index in [9.17, 15) is 4.79 Å². The largest absolute Gasteiger partial charge is 0.497 e. The van der Waals surface area contributed by atoms with Crippen molar-refractivity contribution in [3.05, 3.63) is 60.0 Å². The third-order valence-corrected chi connectivity index (χ3v) is 4.60. The highest BCUT2D eigenvalue weighted by Crippen LogP contribution is 2.25. The summed E-state index contributed by atoms with van der Waals surface area (Å²) in [6.07, 6.45) is 4.68. The molecule has 0 unspecified atom stereocenters. The maximum Gasteiger partial charge on any atom is 0.254 e. The zero-order valence-corrected chi connectivity index (χ0v) is 13.5. The van der Waals surface area contributed by atoms with Gasteiger partial charge in [-0.15, -0.1) is 0 Å². The van der Waals surface area contributed by atoms with Gasteiger partial charge < -0.3 is 14.6 Å². The molecule has 1 N–H and O–H groups in total. The van der Waals surface area contributed by atoms with Gasteiger partial charge in [-0.3, -0.25) is 9.78 Å². The SMILES string of the molecule is COc1cccc(C(=O)N2CC(Cc3nccc4cc[nH]c34)C2)c1. The zero-order valence-electron chi connectivity index (χ0n) is 13.5. The quantitative estimate of drug-likeness (QED) is 0.804. The van der Waals surface area contributed by atoms with E-state index in [4.69, 9.17) is 4.74 Å². The van der Waals surface area contributed by atoms with Gasteiger partial charge in [0, 0.05) is 36.4 Å². The first-order valence-electron chi connectivity index (χ1n) is 8.09. The minimum absolute atomic E-state index is 0.0659. The van der Waals surface area contributed by atoms with Gasteiger partial charge in [0.15, 0.2) is 0 Å². The van der Waals surface area contributed by atoms with Gasteiger partial charge in [0.05, 0.1) is 18.3 Å². The number of H-pyrrole nitrogens is 1. The number of ether oxygens (including phenoxy) is 1. The fourth-order valence-corrected chi connectivity index (χ4v) is 3.27. The molecule has 0 radical (unpaired) electrons. The number of hydrogen-bond donors (Lipinski definition) is 1. The summed E-state index contributed by atoms with van der Waals surface area (Å²) in [6, 6.07) is 11.4. The summed E-state index contributed by atoms with van der Waals surface area (Å²) < 4.78 is 5.19. The van der Waals surface area contributed by atoms with E-state index in [1.807, 2.05) is 41.6 Å². The molecule has 1 amide bonds. The van der Waals surface area contributed by atoms with E-state index in [1.165, 1.54) is 5.39 Å². The second-order valence-electron chi connectivity index (χ2n) is 6.21. The molecule has 1 aliphatic rings. The monoisotopic (exact) mass is 321 g/mol. The molecule has 1 saturated heterocycles. The highest BCUT2D eigenvalue weighted by atomic mass is 16.5. The smallest absolute Gasteiger partial charge is 0.254 e. The average molecular weight is 321 g/mol. The summed E-state index contributed by atoms with van der Waals surface area (Å²) in [4.78, 5) is 22.2. The molecular formula is C19H19N3O2. The van der Waals surface area contributed by atoms with Gasteiger partial charge in [0.2, 0.25) is 0 Å². The molecule has 0 aliphatic carbocycles. The lowest BCUT2D eigenvalue weighted by molar-refractivity contribution is 0.0500. The van der Waals surface area contributed by atoms with Crippen molar-refractivity contribution in [3.8, 4) is 5.75 Å². The molecule has 4 rings (SSSR count). The van der Waals surface area contributed by atoms with Crippen LogP contribution in [0.1, 0.15) is 16.1 Å². The van der Waals surface area contributed by atoms with Gasteiger partial charge in [-0.1, -0.05) is 6.07 Å². The number of nitrogens with one attached hydrogen (secondary N) is 1. The fourth-order valence-electron chi connectivity index (χ4n) is 3.27. The van der Waals surface area contributed by atoms with Crippen LogP contribution in [0.3, 0.4) is 0 Å². The molecule has 0 saturated carbocycles. The molecule has 3 heterocycles. The Morgan fingerprint density at radius 3 is 3.04 bits per heavy atom. The maximum absolute atomic E-state index is 12.5. The molecule has 1 fully saturated rings. The minimum Gasteiger partial charge on any atom is -0.497 e. The molecule has 0 spiro atoms. The Morgan fingerprint density at radius 1 is 1.33 bits per heavy atom. The molecule has 122 valence electrons.